The Kier molecular flexibility index (Phi) is 8.74. The average molecular weight is 587 g/mol. The van der Waals surface area contributed by atoms with E-state index in [2.05, 4.69) is 33.1 Å². The molecule has 0 radical (unpaired) electrons. The fourth-order valence-electron chi connectivity index (χ4n) is 3.01. The molecule has 0 aliphatic rings. The van der Waals surface area contributed by atoms with Gasteiger partial charge in [-0.15, -0.1) is 0 Å². The molecule has 0 bridgehead atoms. The number of nitrogens with one attached hydrogen (secondary N) is 1. The molecule has 0 aromatic heterocycles. The summed E-state index contributed by atoms with van der Waals surface area (Å²) in [5.74, 6) is -1.67. The molecule has 3 aromatic carbocycles. The standard InChI is InChI=1S/C25H19FIN3O5/c1-2-34-22-11-17(13-29-30-24(31)19-7-6-15(12-28)9-20(19)26)10-21(27)23(22)35-14-16-4-3-5-18(8-16)25(32)33/h3-11,13H,2,14H2,1H3,(H,30,31)(H,32,33)/b29-13-. The van der Waals surface area contributed by atoms with Crippen molar-refractivity contribution < 1.29 is 28.6 Å². The summed E-state index contributed by atoms with van der Waals surface area (Å²) in [5.41, 5.74) is 3.58. The van der Waals surface area contributed by atoms with Crippen molar-refractivity contribution in [3.8, 4) is 17.6 Å². The molecule has 0 spiro atoms. The molecule has 0 atom stereocenters. The summed E-state index contributed by atoms with van der Waals surface area (Å²) < 4.78 is 26.3. The second-order valence-electron chi connectivity index (χ2n) is 7.06. The lowest BCUT2D eigenvalue weighted by Gasteiger charge is -2.15. The number of carboxylic acid groups (broad SMARTS) is 1. The second kappa shape index (κ2) is 11.9. The summed E-state index contributed by atoms with van der Waals surface area (Å²) in [5, 5.41) is 21.8. The van der Waals surface area contributed by atoms with Gasteiger partial charge in [-0.2, -0.15) is 10.4 Å². The number of benzene rings is 3. The molecule has 3 rings (SSSR count). The van der Waals surface area contributed by atoms with Crippen LogP contribution in [0.25, 0.3) is 0 Å². The molecule has 10 heteroatoms. The summed E-state index contributed by atoms with van der Waals surface area (Å²) in [6.45, 7) is 2.33. The Morgan fingerprint density at radius 1 is 1.20 bits per heavy atom. The molecule has 1 amide bonds. The molecule has 178 valence electrons. The first kappa shape index (κ1) is 25.6. The highest BCUT2D eigenvalue weighted by molar-refractivity contribution is 14.1. The maximum Gasteiger partial charge on any atom is 0.335 e. The highest BCUT2D eigenvalue weighted by Crippen LogP contribution is 2.34. The predicted molar refractivity (Wildman–Crippen MR) is 134 cm³/mol. The Labute approximate surface area is 214 Å². The summed E-state index contributed by atoms with van der Waals surface area (Å²) in [4.78, 5) is 23.4. The Bertz CT molecular complexity index is 1340. The van der Waals surface area contributed by atoms with E-state index in [-0.39, 0.29) is 23.3 Å². The number of ether oxygens (including phenoxy) is 2. The van der Waals surface area contributed by atoms with Gasteiger partial charge in [-0.3, -0.25) is 4.79 Å². The number of nitriles is 1. The minimum absolute atomic E-state index is 0.109. The van der Waals surface area contributed by atoms with E-state index in [9.17, 15) is 14.0 Å². The van der Waals surface area contributed by atoms with Crippen LogP contribution in [0, 0.1) is 20.7 Å². The van der Waals surface area contributed by atoms with Crippen LogP contribution in [0.4, 0.5) is 4.39 Å². The van der Waals surface area contributed by atoms with Gasteiger partial charge in [-0.05, 0) is 83.1 Å². The summed E-state index contributed by atoms with van der Waals surface area (Å²) in [7, 11) is 0. The van der Waals surface area contributed by atoms with E-state index in [0.29, 0.717) is 32.8 Å². The number of rotatable bonds is 9. The van der Waals surface area contributed by atoms with Crippen molar-refractivity contribution in [3.05, 3.63) is 91.8 Å². The van der Waals surface area contributed by atoms with E-state index in [1.165, 1.54) is 30.5 Å². The van der Waals surface area contributed by atoms with Crippen LogP contribution in [0.5, 0.6) is 11.5 Å². The van der Waals surface area contributed by atoms with E-state index in [0.717, 1.165) is 6.07 Å². The fraction of sp³-hybridized carbons (Fsp3) is 0.120. The van der Waals surface area contributed by atoms with E-state index in [4.69, 9.17) is 19.8 Å². The van der Waals surface area contributed by atoms with Crippen molar-refractivity contribution in [1.29, 1.82) is 5.26 Å². The van der Waals surface area contributed by atoms with Gasteiger partial charge in [0.1, 0.15) is 12.4 Å². The fourth-order valence-corrected chi connectivity index (χ4v) is 3.79. The van der Waals surface area contributed by atoms with E-state index < -0.39 is 17.7 Å². The Morgan fingerprint density at radius 3 is 2.69 bits per heavy atom. The van der Waals surface area contributed by atoms with Crippen molar-refractivity contribution in [2.24, 2.45) is 5.10 Å². The van der Waals surface area contributed by atoms with E-state index in [1.807, 2.05) is 6.92 Å². The molecule has 8 nitrogen and oxygen atoms in total. The summed E-state index contributed by atoms with van der Waals surface area (Å²) in [6.07, 6.45) is 1.38. The first-order valence-electron chi connectivity index (χ1n) is 10.3. The number of aromatic carboxylic acids is 1. The number of hydrogen-bond donors (Lipinski definition) is 2. The summed E-state index contributed by atoms with van der Waals surface area (Å²) in [6, 6.07) is 15.2. The second-order valence-corrected chi connectivity index (χ2v) is 8.22. The van der Waals surface area contributed by atoms with Crippen LogP contribution in [0.3, 0.4) is 0 Å². The molecule has 0 saturated carbocycles. The van der Waals surface area contributed by atoms with Gasteiger partial charge in [0.05, 0.1) is 39.2 Å². The zero-order valence-electron chi connectivity index (χ0n) is 18.4. The van der Waals surface area contributed by atoms with Gasteiger partial charge in [-0.1, -0.05) is 12.1 Å². The highest BCUT2D eigenvalue weighted by Gasteiger charge is 2.14. The average Bonchev–Trinajstić information content (AvgIpc) is 2.83. The van der Waals surface area contributed by atoms with Gasteiger partial charge < -0.3 is 14.6 Å². The SMILES string of the molecule is CCOc1cc(/C=N\NC(=O)c2ccc(C#N)cc2F)cc(I)c1OCc1cccc(C(=O)O)c1. The smallest absolute Gasteiger partial charge is 0.335 e. The van der Waals surface area contributed by atoms with Gasteiger partial charge in [-0.25, -0.2) is 14.6 Å². The lowest BCUT2D eigenvalue weighted by molar-refractivity contribution is 0.0696. The number of amides is 1. The number of carbonyl (C=O) groups excluding carboxylic acids is 1. The number of carboxylic acids is 1. The van der Waals surface area contributed by atoms with E-state index >= 15 is 0 Å². The zero-order chi connectivity index (χ0) is 25.4. The molecule has 2 N–H and O–H groups in total. The van der Waals surface area contributed by atoms with Crippen molar-refractivity contribution in [2.75, 3.05) is 6.61 Å². The quantitative estimate of drug-likeness (QED) is 0.212. The van der Waals surface area contributed by atoms with Crippen LogP contribution in [0.2, 0.25) is 0 Å². The normalized spacial score (nSPS) is 10.6. The van der Waals surface area contributed by atoms with Crippen LogP contribution < -0.4 is 14.9 Å². The molecule has 0 aliphatic heterocycles. The molecular weight excluding hydrogens is 568 g/mol. The number of halogens is 2. The lowest BCUT2D eigenvalue weighted by Crippen LogP contribution is -2.19. The lowest BCUT2D eigenvalue weighted by atomic mass is 10.1. The molecule has 0 heterocycles. The Morgan fingerprint density at radius 2 is 2.00 bits per heavy atom. The van der Waals surface area contributed by atoms with Crippen LogP contribution >= 0.6 is 22.6 Å². The third kappa shape index (κ3) is 6.77. The number of hydrogen-bond acceptors (Lipinski definition) is 6. The number of nitrogens with zero attached hydrogens (tertiary/aromatic N) is 2. The van der Waals surface area contributed by atoms with Crippen molar-refractivity contribution in [2.45, 2.75) is 13.5 Å². The largest absolute Gasteiger partial charge is 0.490 e. The maximum absolute atomic E-state index is 14.0. The third-order valence-electron chi connectivity index (χ3n) is 4.61. The predicted octanol–water partition coefficient (Wildman–Crippen LogP) is 4.74. The van der Waals surface area contributed by atoms with Gasteiger partial charge in [0.15, 0.2) is 11.5 Å². The molecule has 35 heavy (non-hydrogen) atoms. The molecule has 3 aromatic rings. The van der Waals surface area contributed by atoms with Gasteiger partial charge in [0.2, 0.25) is 0 Å². The van der Waals surface area contributed by atoms with Crippen LogP contribution in [0.1, 0.15) is 44.3 Å². The zero-order valence-corrected chi connectivity index (χ0v) is 20.6. The van der Waals surface area contributed by atoms with Gasteiger partial charge >= 0.3 is 5.97 Å². The number of carbonyl (C=O) groups is 2. The molecular formula is C25H19FIN3O5. The molecule has 0 aliphatic carbocycles. The monoisotopic (exact) mass is 587 g/mol. The molecule has 0 saturated heterocycles. The third-order valence-corrected chi connectivity index (χ3v) is 5.41. The summed E-state index contributed by atoms with van der Waals surface area (Å²) >= 11 is 2.07. The maximum atomic E-state index is 14.0. The Hall–Kier alpha value is -3.98. The van der Waals surface area contributed by atoms with Gasteiger partial charge in [0.25, 0.3) is 5.91 Å². The van der Waals surface area contributed by atoms with Crippen molar-refractivity contribution >= 4 is 40.7 Å². The minimum Gasteiger partial charge on any atom is -0.490 e. The topological polar surface area (TPSA) is 121 Å². The number of hydrazone groups is 1. The van der Waals surface area contributed by atoms with Gasteiger partial charge in [0, 0.05) is 0 Å². The van der Waals surface area contributed by atoms with Crippen molar-refractivity contribution in [1.82, 2.24) is 5.43 Å². The first-order chi connectivity index (χ1) is 16.8. The first-order valence-corrected chi connectivity index (χ1v) is 11.3. The molecule has 0 unspecified atom stereocenters. The van der Waals surface area contributed by atoms with E-state index in [1.54, 1.807) is 30.3 Å². The minimum atomic E-state index is -1.02. The van der Waals surface area contributed by atoms with Crippen LogP contribution in [-0.2, 0) is 6.61 Å². The molecule has 0 fully saturated rings. The van der Waals surface area contributed by atoms with Crippen LogP contribution in [-0.4, -0.2) is 29.8 Å². The van der Waals surface area contributed by atoms with Crippen LogP contribution in [0.15, 0.2) is 59.7 Å². The van der Waals surface area contributed by atoms with Crippen molar-refractivity contribution in [3.63, 3.8) is 0 Å². The Balaban J connectivity index is 1.74. The highest BCUT2D eigenvalue weighted by atomic mass is 127.